The molecule has 0 bridgehead atoms. The van der Waals surface area contributed by atoms with Gasteiger partial charge in [0.1, 0.15) is 0 Å². The SMILES string of the molecule is CCCCCCNC(N)=NCC1CCCN(Cc2cccs2)C1.I. The molecule has 1 aromatic rings. The van der Waals surface area contributed by atoms with E-state index in [0.717, 1.165) is 26.2 Å². The van der Waals surface area contributed by atoms with Crippen molar-refractivity contribution >= 4 is 41.3 Å². The smallest absolute Gasteiger partial charge is 0.188 e. The molecule has 0 radical (unpaired) electrons. The normalized spacial score (nSPS) is 19.0. The fourth-order valence-corrected chi connectivity index (χ4v) is 3.86. The van der Waals surface area contributed by atoms with Gasteiger partial charge in [0.15, 0.2) is 5.96 Å². The molecule has 0 aromatic carbocycles. The van der Waals surface area contributed by atoms with E-state index in [0.29, 0.717) is 11.9 Å². The number of rotatable bonds is 9. The second kappa shape index (κ2) is 12.9. The van der Waals surface area contributed by atoms with Gasteiger partial charge in [-0.2, -0.15) is 0 Å². The number of nitrogens with zero attached hydrogens (tertiary/aromatic N) is 2. The van der Waals surface area contributed by atoms with E-state index < -0.39 is 0 Å². The van der Waals surface area contributed by atoms with E-state index in [1.165, 1.54) is 49.9 Å². The Bertz CT molecular complexity index is 450. The maximum Gasteiger partial charge on any atom is 0.188 e. The molecule has 6 heteroatoms. The summed E-state index contributed by atoms with van der Waals surface area (Å²) in [4.78, 5) is 8.58. The van der Waals surface area contributed by atoms with Crippen LogP contribution in [0.5, 0.6) is 0 Å². The Morgan fingerprint density at radius 2 is 2.29 bits per heavy atom. The fourth-order valence-electron chi connectivity index (χ4n) is 3.12. The minimum absolute atomic E-state index is 0. The lowest BCUT2D eigenvalue weighted by molar-refractivity contribution is 0.172. The van der Waals surface area contributed by atoms with Gasteiger partial charge < -0.3 is 11.1 Å². The Morgan fingerprint density at radius 3 is 3.04 bits per heavy atom. The molecule has 0 amide bonds. The van der Waals surface area contributed by atoms with Crippen LogP contribution in [0.3, 0.4) is 0 Å². The molecule has 3 N–H and O–H groups in total. The summed E-state index contributed by atoms with van der Waals surface area (Å²) >= 11 is 1.85. The molecule has 1 aliphatic heterocycles. The monoisotopic (exact) mass is 464 g/mol. The molecule has 1 saturated heterocycles. The average Bonchev–Trinajstić information content (AvgIpc) is 3.06. The van der Waals surface area contributed by atoms with Crippen molar-refractivity contribution in [3.05, 3.63) is 22.4 Å². The van der Waals surface area contributed by atoms with E-state index in [9.17, 15) is 0 Å². The number of piperidine rings is 1. The van der Waals surface area contributed by atoms with E-state index in [1.807, 2.05) is 11.3 Å². The van der Waals surface area contributed by atoms with E-state index in [1.54, 1.807) is 0 Å². The molecular weight excluding hydrogens is 431 g/mol. The molecule has 0 aliphatic carbocycles. The summed E-state index contributed by atoms with van der Waals surface area (Å²) in [5, 5.41) is 5.41. The number of hydrogen-bond donors (Lipinski definition) is 2. The van der Waals surface area contributed by atoms with Gasteiger partial charge in [-0.25, -0.2) is 0 Å². The number of nitrogens with one attached hydrogen (secondary N) is 1. The van der Waals surface area contributed by atoms with Gasteiger partial charge >= 0.3 is 0 Å². The van der Waals surface area contributed by atoms with Crippen LogP contribution in [-0.4, -0.2) is 37.0 Å². The molecule has 4 nitrogen and oxygen atoms in total. The Morgan fingerprint density at radius 1 is 1.42 bits per heavy atom. The Hall–Kier alpha value is -0.340. The molecule has 1 unspecified atom stereocenters. The quantitative estimate of drug-likeness (QED) is 0.251. The van der Waals surface area contributed by atoms with Crippen LogP contribution in [0.2, 0.25) is 0 Å². The minimum Gasteiger partial charge on any atom is -0.370 e. The van der Waals surface area contributed by atoms with Crippen LogP contribution in [0.4, 0.5) is 0 Å². The highest BCUT2D eigenvalue weighted by Gasteiger charge is 2.19. The number of aliphatic imine (C=N–C) groups is 1. The van der Waals surface area contributed by atoms with Crippen LogP contribution in [0.15, 0.2) is 22.5 Å². The first-order valence-electron chi connectivity index (χ1n) is 9.06. The zero-order valence-electron chi connectivity index (χ0n) is 14.9. The second-order valence-corrected chi connectivity index (χ2v) is 7.57. The molecule has 1 atom stereocenters. The standard InChI is InChI=1S/C18H32N4S.HI/c1-2-3-4-5-10-20-18(19)21-13-16-8-6-11-22(14-16)15-17-9-7-12-23-17;/h7,9,12,16H,2-6,8,10-11,13-15H2,1H3,(H3,19,20,21);1H. The molecule has 1 fully saturated rings. The van der Waals surface area contributed by atoms with Crippen molar-refractivity contribution in [2.24, 2.45) is 16.6 Å². The van der Waals surface area contributed by atoms with Gasteiger partial charge in [0.25, 0.3) is 0 Å². The minimum atomic E-state index is 0. The summed E-state index contributed by atoms with van der Waals surface area (Å²) in [5.74, 6) is 1.26. The van der Waals surface area contributed by atoms with Crippen molar-refractivity contribution in [2.75, 3.05) is 26.2 Å². The van der Waals surface area contributed by atoms with Gasteiger partial charge in [0, 0.05) is 31.1 Å². The fraction of sp³-hybridized carbons (Fsp3) is 0.722. The van der Waals surface area contributed by atoms with Crippen molar-refractivity contribution < 1.29 is 0 Å². The zero-order valence-corrected chi connectivity index (χ0v) is 18.0. The molecule has 2 rings (SSSR count). The Balaban J connectivity index is 0.00000288. The van der Waals surface area contributed by atoms with Crippen LogP contribution in [-0.2, 0) is 6.54 Å². The molecule has 2 heterocycles. The van der Waals surface area contributed by atoms with Gasteiger partial charge in [0.05, 0.1) is 0 Å². The lowest BCUT2D eigenvalue weighted by atomic mass is 9.98. The number of nitrogens with two attached hydrogens (primary N) is 1. The van der Waals surface area contributed by atoms with Crippen LogP contribution in [0.1, 0.15) is 50.3 Å². The summed E-state index contributed by atoms with van der Waals surface area (Å²) < 4.78 is 0. The highest BCUT2D eigenvalue weighted by molar-refractivity contribution is 14.0. The van der Waals surface area contributed by atoms with Gasteiger partial charge in [-0.3, -0.25) is 9.89 Å². The summed E-state index contributed by atoms with van der Waals surface area (Å²) in [6, 6.07) is 4.37. The highest BCUT2D eigenvalue weighted by Crippen LogP contribution is 2.20. The second-order valence-electron chi connectivity index (χ2n) is 6.54. The summed E-state index contributed by atoms with van der Waals surface area (Å²) in [6.45, 7) is 7.48. The zero-order chi connectivity index (χ0) is 16.3. The lowest BCUT2D eigenvalue weighted by Gasteiger charge is -2.31. The molecular formula is C18H33IN4S. The largest absolute Gasteiger partial charge is 0.370 e. The number of halogens is 1. The predicted octanol–water partition coefficient (Wildman–Crippen LogP) is 4.06. The Kier molecular flexibility index (Phi) is 11.7. The summed E-state index contributed by atoms with van der Waals surface area (Å²) in [5.41, 5.74) is 5.98. The third kappa shape index (κ3) is 8.67. The highest BCUT2D eigenvalue weighted by atomic mass is 127. The maximum atomic E-state index is 5.98. The summed E-state index contributed by atoms with van der Waals surface area (Å²) in [7, 11) is 0. The van der Waals surface area contributed by atoms with Gasteiger partial charge in [-0.15, -0.1) is 35.3 Å². The third-order valence-electron chi connectivity index (χ3n) is 4.42. The lowest BCUT2D eigenvalue weighted by Crippen LogP contribution is -2.37. The van der Waals surface area contributed by atoms with Crippen LogP contribution >= 0.6 is 35.3 Å². The van der Waals surface area contributed by atoms with Gasteiger partial charge in [0.2, 0.25) is 0 Å². The van der Waals surface area contributed by atoms with E-state index >= 15 is 0 Å². The average molecular weight is 464 g/mol. The van der Waals surface area contributed by atoms with Crippen molar-refractivity contribution in [3.8, 4) is 0 Å². The number of unbranched alkanes of at least 4 members (excludes halogenated alkanes) is 3. The molecule has 1 aliphatic rings. The number of guanidine groups is 1. The topological polar surface area (TPSA) is 53.6 Å². The van der Waals surface area contributed by atoms with E-state index in [2.05, 4.69) is 39.6 Å². The van der Waals surface area contributed by atoms with Crippen molar-refractivity contribution in [1.82, 2.24) is 10.2 Å². The molecule has 138 valence electrons. The van der Waals surface area contributed by atoms with Crippen LogP contribution in [0.25, 0.3) is 0 Å². The third-order valence-corrected chi connectivity index (χ3v) is 5.28. The molecule has 1 aromatic heterocycles. The van der Waals surface area contributed by atoms with E-state index in [4.69, 9.17) is 5.73 Å². The molecule has 0 saturated carbocycles. The molecule has 24 heavy (non-hydrogen) atoms. The first-order chi connectivity index (χ1) is 11.3. The molecule has 0 spiro atoms. The van der Waals surface area contributed by atoms with Crippen molar-refractivity contribution in [1.29, 1.82) is 0 Å². The van der Waals surface area contributed by atoms with Gasteiger partial charge in [-0.05, 0) is 43.2 Å². The number of likely N-dealkylation sites (tertiary alicyclic amines) is 1. The maximum absolute atomic E-state index is 5.98. The first-order valence-corrected chi connectivity index (χ1v) is 9.94. The van der Waals surface area contributed by atoms with E-state index in [-0.39, 0.29) is 24.0 Å². The van der Waals surface area contributed by atoms with Crippen LogP contribution < -0.4 is 11.1 Å². The predicted molar refractivity (Wildman–Crippen MR) is 116 cm³/mol. The number of thiophene rings is 1. The first kappa shape index (κ1) is 21.7. The summed E-state index contributed by atoms with van der Waals surface area (Å²) in [6.07, 6.45) is 7.58. The number of hydrogen-bond acceptors (Lipinski definition) is 3. The van der Waals surface area contributed by atoms with Gasteiger partial charge in [-0.1, -0.05) is 32.3 Å². The van der Waals surface area contributed by atoms with Crippen LogP contribution in [0, 0.1) is 5.92 Å². The Labute approximate surface area is 168 Å². The van der Waals surface area contributed by atoms with Crippen molar-refractivity contribution in [3.63, 3.8) is 0 Å². The van der Waals surface area contributed by atoms with Crippen molar-refractivity contribution in [2.45, 2.75) is 52.0 Å².